The lowest BCUT2D eigenvalue weighted by atomic mass is 10.0. The molecular formula is C20H19NO4. The highest BCUT2D eigenvalue weighted by Gasteiger charge is 2.29. The number of rotatable bonds is 3. The van der Waals surface area contributed by atoms with Crippen LogP contribution in [0.4, 0.5) is 0 Å². The van der Waals surface area contributed by atoms with E-state index >= 15 is 0 Å². The number of aromatic hydroxyl groups is 1. The Bertz CT molecular complexity index is 850. The van der Waals surface area contributed by atoms with Crippen LogP contribution in [-0.2, 0) is 16.0 Å². The highest BCUT2D eigenvalue weighted by atomic mass is 16.5. The minimum Gasteiger partial charge on any atom is -0.507 e. The molecule has 1 aromatic rings. The Hall–Kier alpha value is -2.79. The summed E-state index contributed by atoms with van der Waals surface area (Å²) >= 11 is 0. The Kier molecular flexibility index (Phi) is 4.15. The molecular weight excluding hydrogens is 318 g/mol. The first kappa shape index (κ1) is 15.7. The number of carbonyl (C=O) groups excluding carboxylic acids is 1. The van der Waals surface area contributed by atoms with Gasteiger partial charge in [0.1, 0.15) is 11.5 Å². The number of fused-ring (bicyclic) bond motifs is 1. The molecule has 25 heavy (non-hydrogen) atoms. The third-order valence-electron chi connectivity index (χ3n) is 4.59. The second-order valence-corrected chi connectivity index (χ2v) is 6.09. The first-order valence-corrected chi connectivity index (χ1v) is 8.37. The number of ether oxygens (including phenoxy) is 1. The highest BCUT2D eigenvalue weighted by Crippen LogP contribution is 2.47. The summed E-state index contributed by atoms with van der Waals surface area (Å²) in [4.78, 5) is 14.4. The van der Waals surface area contributed by atoms with E-state index in [2.05, 4.69) is 0 Å². The second kappa shape index (κ2) is 6.61. The third-order valence-corrected chi connectivity index (χ3v) is 4.59. The molecule has 0 aromatic heterocycles. The van der Waals surface area contributed by atoms with Gasteiger partial charge in [0.15, 0.2) is 0 Å². The zero-order valence-corrected chi connectivity index (χ0v) is 13.8. The van der Waals surface area contributed by atoms with Gasteiger partial charge in [-0.2, -0.15) is 0 Å². The van der Waals surface area contributed by atoms with Gasteiger partial charge >= 0.3 is 0 Å². The van der Waals surface area contributed by atoms with Crippen LogP contribution in [0.3, 0.4) is 0 Å². The third kappa shape index (κ3) is 2.87. The van der Waals surface area contributed by atoms with Crippen molar-refractivity contribution in [3.05, 3.63) is 54.3 Å². The van der Waals surface area contributed by atoms with Gasteiger partial charge in [-0.3, -0.25) is 4.79 Å². The van der Waals surface area contributed by atoms with Crippen LogP contribution in [0.2, 0.25) is 0 Å². The smallest absolute Gasteiger partial charge is 0.227 e. The maximum atomic E-state index is 12.6. The van der Waals surface area contributed by atoms with Crippen molar-refractivity contribution in [3.8, 4) is 28.2 Å². The van der Waals surface area contributed by atoms with Gasteiger partial charge in [0.05, 0.1) is 25.9 Å². The van der Waals surface area contributed by atoms with Crippen molar-refractivity contribution < 1.29 is 19.1 Å². The molecule has 0 bridgehead atoms. The number of benzene rings is 1. The number of morpholine rings is 1. The summed E-state index contributed by atoms with van der Waals surface area (Å²) in [6.45, 7) is 2.28. The standard InChI is InChI=1S/C20H19NO4/c22-17(21-8-11-24-12-9-21)13-16-19(23)18(14-5-2-1-3-6-14)15-7-4-10-25-20(15)16/h1-7,10,23H,8-9,11-13H2. The first-order valence-electron chi connectivity index (χ1n) is 8.37. The molecule has 128 valence electrons. The first-order chi connectivity index (χ1) is 12.3. The van der Waals surface area contributed by atoms with Crippen molar-refractivity contribution in [1.82, 2.24) is 4.90 Å². The van der Waals surface area contributed by atoms with Crippen molar-refractivity contribution in [2.75, 3.05) is 26.3 Å². The largest absolute Gasteiger partial charge is 0.507 e. The lowest BCUT2D eigenvalue weighted by Gasteiger charge is -2.26. The average Bonchev–Trinajstić information content (AvgIpc) is 2.95. The molecule has 1 aliphatic carbocycles. The van der Waals surface area contributed by atoms with Crippen LogP contribution in [-0.4, -0.2) is 42.2 Å². The topological polar surface area (TPSA) is 62.9 Å². The quantitative estimate of drug-likeness (QED) is 0.797. The summed E-state index contributed by atoms with van der Waals surface area (Å²) in [6.07, 6.45) is 1.68. The second-order valence-electron chi connectivity index (χ2n) is 6.09. The zero-order valence-electron chi connectivity index (χ0n) is 13.8. The van der Waals surface area contributed by atoms with Crippen LogP contribution >= 0.6 is 0 Å². The predicted molar refractivity (Wildman–Crippen MR) is 93.5 cm³/mol. The van der Waals surface area contributed by atoms with Crippen LogP contribution in [0.15, 0.2) is 53.1 Å². The summed E-state index contributed by atoms with van der Waals surface area (Å²) in [5.41, 5.74) is 2.98. The molecule has 1 aromatic carbocycles. The van der Waals surface area contributed by atoms with Gasteiger partial charge in [-0.25, -0.2) is 0 Å². The van der Waals surface area contributed by atoms with Gasteiger partial charge < -0.3 is 19.2 Å². The molecule has 1 saturated heterocycles. The summed E-state index contributed by atoms with van der Waals surface area (Å²) in [7, 11) is 0. The van der Waals surface area contributed by atoms with E-state index in [0.717, 1.165) is 11.1 Å². The monoisotopic (exact) mass is 337 g/mol. The molecule has 4 rings (SSSR count). The van der Waals surface area contributed by atoms with E-state index in [1.54, 1.807) is 17.2 Å². The SMILES string of the molecule is O=C(Cc1c2occcc-2c(-c2ccccc2)c1O)N1CCOCC1. The van der Waals surface area contributed by atoms with Gasteiger partial charge in [0.25, 0.3) is 0 Å². The van der Waals surface area contributed by atoms with E-state index in [9.17, 15) is 9.90 Å². The van der Waals surface area contributed by atoms with Crippen LogP contribution < -0.4 is 0 Å². The van der Waals surface area contributed by atoms with Crippen molar-refractivity contribution in [1.29, 1.82) is 0 Å². The Labute approximate surface area is 145 Å². The maximum Gasteiger partial charge on any atom is 0.227 e. The minimum atomic E-state index is -0.0239. The average molecular weight is 337 g/mol. The van der Waals surface area contributed by atoms with E-state index in [4.69, 9.17) is 9.15 Å². The molecule has 0 spiro atoms. The molecule has 5 heteroatoms. The fourth-order valence-electron chi connectivity index (χ4n) is 3.34. The molecule has 1 amide bonds. The molecule has 2 aliphatic heterocycles. The zero-order chi connectivity index (χ0) is 17.2. The Morgan fingerprint density at radius 1 is 1.08 bits per heavy atom. The molecule has 0 atom stereocenters. The molecule has 1 N–H and O–H groups in total. The van der Waals surface area contributed by atoms with Crippen molar-refractivity contribution in [3.63, 3.8) is 0 Å². The fraction of sp³-hybridized carbons (Fsp3) is 0.250. The van der Waals surface area contributed by atoms with Gasteiger partial charge in [-0.15, -0.1) is 0 Å². The van der Waals surface area contributed by atoms with E-state index < -0.39 is 0 Å². The summed E-state index contributed by atoms with van der Waals surface area (Å²) in [5.74, 6) is 0.669. The normalized spacial score (nSPS) is 14.8. The summed E-state index contributed by atoms with van der Waals surface area (Å²) in [6, 6.07) is 13.4. The lowest BCUT2D eigenvalue weighted by Crippen LogP contribution is -2.41. The van der Waals surface area contributed by atoms with E-state index in [-0.39, 0.29) is 18.1 Å². The Balaban J connectivity index is 1.74. The van der Waals surface area contributed by atoms with Gasteiger partial charge in [0.2, 0.25) is 5.91 Å². The minimum absolute atomic E-state index is 0.0239. The van der Waals surface area contributed by atoms with Gasteiger partial charge in [-0.1, -0.05) is 30.3 Å². The van der Waals surface area contributed by atoms with Crippen LogP contribution in [0.1, 0.15) is 5.56 Å². The molecule has 3 aliphatic rings. The fourth-order valence-corrected chi connectivity index (χ4v) is 3.34. The van der Waals surface area contributed by atoms with Crippen molar-refractivity contribution in [2.24, 2.45) is 0 Å². The summed E-state index contributed by atoms with van der Waals surface area (Å²) < 4.78 is 11.0. The van der Waals surface area contributed by atoms with Crippen LogP contribution in [0.25, 0.3) is 22.5 Å². The lowest BCUT2D eigenvalue weighted by molar-refractivity contribution is -0.134. The number of hydrogen-bond donors (Lipinski definition) is 1. The van der Waals surface area contributed by atoms with E-state index in [0.29, 0.717) is 43.2 Å². The molecule has 0 unspecified atom stereocenters. The van der Waals surface area contributed by atoms with Crippen LogP contribution in [0.5, 0.6) is 5.75 Å². The molecule has 1 fully saturated rings. The van der Waals surface area contributed by atoms with Crippen molar-refractivity contribution in [2.45, 2.75) is 6.42 Å². The predicted octanol–water partition coefficient (Wildman–Crippen LogP) is 3.16. The molecule has 5 nitrogen and oxygen atoms in total. The molecule has 0 radical (unpaired) electrons. The van der Waals surface area contributed by atoms with E-state index in [1.807, 2.05) is 36.4 Å². The van der Waals surface area contributed by atoms with Crippen LogP contribution in [0, 0.1) is 0 Å². The number of nitrogens with zero attached hydrogens (tertiary/aromatic N) is 1. The highest BCUT2D eigenvalue weighted by molar-refractivity contribution is 5.95. The number of hydrogen-bond acceptors (Lipinski definition) is 4. The van der Waals surface area contributed by atoms with Gasteiger partial charge in [0, 0.05) is 29.8 Å². The van der Waals surface area contributed by atoms with E-state index in [1.165, 1.54) is 0 Å². The summed E-state index contributed by atoms with van der Waals surface area (Å²) in [5, 5.41) is 10.9. The molecule has 2 heterocycles. The Morgan fingerprint density at radius 2 is 1.84 bits per heavy atom. The van der Waals surface area contributed by atoms with Gasteiger partial charge in [-0.05, 0) is 17.7 Å². The molecule has 0 saturated carbocycles. The number of amides is 1. The maximum absolute atomic E-state index is 12.6. The Morgan fingerprint density at radius 3 is 2.60 bits per heavy atom. The number of carbonyl (C=O) groups is 1. The van der Waals surface area contributed by atoms with Crippen molar-refractivity contribution >= 4 is 5.91 Å².